The summed E-state index contributed by atoms with van der Waals surface area (Å²) in [6, 6.07) is 26.4. The van der Waals surface area contributed by atoms with Gasteiger partial charge >= 0.3 is 11.9 Å². The summed E-state index contributed by atoms with van der Waals surface area (Å²) in [5.74, 6) is -0.767. The van der Waals surface area contributed by atoms with Gasteiger partial charge < -0.3 is 14.4 Å². The molecular weight excluding hydrogens is 510 g/mol. The van der Waals surface area contributed by atoms with Gasteiger partial charge in [-0.15, -0.1) is 0 Å². The number of esters is 2. The fraction of sp³-hybridized carbons (Fsp3) is 0.167. The maximum atomic E-state index is 11.9. The molecule has 0 heterocycles. The van der Waals surface area contributed by atoms with Crippen LogP contribution in [0, 0.1) is 27.7 Å². The van der Waals surface area contributed by atoms with Crippen LogP contribution in [0.3, 0.4) is 0 Å². The number of benzene rings is 4. The Labute approximate surface area is 242 Å². The second-order valence-electron chi connectivity index (χ2n) is 10.2. The van der Waals surface area contributed by atoms with E-state index in [1.807, 2.05) is 6.92 Å². The second kappa shape index (κ2) is 12.5. The van der Waals surface area contributed by atoms with Gasteiger partial charge in [-0.05, 0) is 110 Å². The van der Waals surface area contributed by atoms with Crippen molar-refractivity contribution in [2.24, 2.45) is 0 Å². The average molecular weight is 546 g/mol. The van der Waals surface area contributed by atoms with E-state index in [1.54, 1.807) is 12.1 Å². The molecule has 4 aromatic rings. The van der Waals surface area contributed by atoms with Crippen molar-refractivity contribution in [3.05, 3.63) is 138 Å². The molecule has 0 aliphatic rings. The van der Waals surface area contributed by atoms with Crippen LogP contribution in [0.5, 0.6) is 11.5 Å². The highest BCUT2D eigenvalue weighted by atomic mass is 16.5. The Morgan fingerprint density at radius 1 is 0.610 bits per heavy atom. The van der Waals surface area contributed by atoms with E-state index in [9.17, 15) is 9.59 Å². The number of aryl methyl sites for hydroxylation is 4. The van der Waals surface area contributed by atoms with Crippen molar-refractivity contribution in [3.63, 3.8) is 0 Å². The fourth-order valence-corrected chi connectivity index (χ4v) is 4.56. The normalized spacial score (nSPS) is 11.3. The Morgan fingerprint density at radius 2 is 1.05 bits per heavy atom. The van der Waals surface area contributed by atoms with E-state index in [2.05, 4.69) is 106 Å². The number of rotatable bonds is 9. The molecule has 0 aromatic heterocycles. The molecule has 0 spiro atoms. The first kappa shape index (κ1) is 29.1. The lowest BCUT2D eigenvalue weighted by molar-refractivity contribution is -0.129. The van der Waals surface area contributed by atoms with Crippen LogP contribution in [0.25, 0.3) is 0 Å². The molecule has 0 bridgehead atoms. The molecule has 41 heavy (non-hydrogen) atoms. The minimum atomic E-state index is -0.599. The zero-order valence-corrected chi connectivity index (χ0v) is 24.2. The highest BCUT2D eigenvalue weighted by molar-refractivity contribution is 5.84. The quantitative estimate of drug-likeness (QED) is 0.120. The number of anilines is 3. The highest BCUT2D eigenvalue weighted by Crippen LogP contribution is 2.38. The van der Waals surface area contributed by atoms with Crippen LogP contribution in [-0.2, 0) is 9.59 Å². The number of carbonyl (C=O) groups is 2. The third kappa shape index (κ3) is 6.82. The molecule has 208 valence electrons. The monoisotopic (exact) mass is 545 g/mol. The number of nitrogens with zero attached hydrogens (tertiary/aromatic N) is 1. The van der Waals surface area contributed by atoms with Crippen LogP contribution >= 0.6 is 0 Å². The van der Waals surface area contributed by atoms with Crippen molar-refractivity contribution in [2.45, 2.75) is 40.5 Å². The van der Waals surface area contributed by atoms with Gasteiger partial charge in [-0.2, -0.15) is 0 Å². The Morgan fingerprint density at radius 3 is 1.46 bits per heavy atom. The standard InChI is InChI=1S/C36H35NO4/c1-8-35(38)40-33-20-29(21-34(22-33)41-36(39)9-2)27(7)28-12-16-30(17-13-28)37(31-14-10-23(3)25(5)18-31)32-15-11-24(4)26(6)19-32/h8-22,27H,1-2H2,3-7H3. The zero-order chi connectivity index (χ0) is 29.7. The van der Waals surface area contributed by atoms with Gasteiger partial charge in [0.25, 0.3) is 0 Å². The molecule has 0 radical (unpaired) electrons. The molecule has 0 fully saturated rings. The third-order valence-electron chi connectivity index (χ3n) is 7.32. The third-order valence-corrected chi connectivity index (χ3v) is 7.32. The number of carbonyl (C=O) groups excluding carboxylic acids is 2. The first-order chi connectivity index (χ1) is 19.6. The Balaban J connectivity index is 1.72. The lowest BCUT2D eigenvalue weighted by Gasteiger charge is -2.27. The van der Waals surface area contributed by atoms with E-state index in [1.165, 1.54) is 28.3 Å². The molecule has 0 N–H and O–H groups in total. The fourth-order valence-electron chi connectivity index (χ4n) is 4.56. The number of hydrogen-bond acceptors (Lipinski definition) is 5. The van der Waals surface area contributed by atoms with Gasteiger partial charge in [0.05, 0.1) is 0 Å². The van der Waals surface area contributed by atoms with Crippen molar-refractivity contribution < 1.29 is 19.1 Å². The predicted octanol–water partition coefficient (Wildman–Crippen LogP) is 8.72. The molecule has 4 aromatic carbocycles. The summed E-state index contributed by atoms with van der Waals surface area (Å²) in [4.78, 5) is 26.0. The smallest absolute Gasteiger partial charge is 0.335 e. The Hall–Kier alpha value is -4.90. The van der Waals surface area contributed by atoms with Crippen molar-refractivity contribution >= 4 is 29.0 Å². The lowest BCUT2D eigenvalue weighted by atomic mass is 9.92. The minimum absolute atomic E-state index is 0.0932. The SMILES string of the molecule is C=CC(=O)Oc1cc(OC(=O)C=C)cc(C(C)c2ccc(N(c3ccc(C)c(C)c3)c3ccc(C)c(C)c3)cc2)c1. The lowest BCUT2D eigenvalue weighted by Crippen LogP contribution is -2.11. The summed E-state index contributed by atoms with van der Waals surface area (Å²) in [5.41, 5.74) is 10.0. The zero-order valence-electron chi connectivity index (χ0n) is 24.2. The largest absolute Gasteiger partial charge is 0.423 e. The average Bonchev–Trinajstić information content (AvgIpc) is 2.96. The van der Waals surface area contributed by atoms with E-state index >= 15 is 0 Å². The second-order valence-corrected chi connectivity index (χ2v) is 10.2. The van der Waals surface area contributed by atoms with Gasteiger partial charge in [0.15, 0.2) is 0 Å². The summed E-state index contributed by atoms with van der Waals surface area (Å²) in [6.07, 6.45) is 2.17. The summed E-state index contributed by atoms with van der Waals surface area (Å²) in [7, 11) is 0. The summed E-state index contributed by atoms with van der Waals surface area (Å²) in [6.45, 7) is 17.4. The Kier molecular flexibility index (Phi) is 8.88. The van der Waals surface area contributed by atoms with Crippen LogP contribution in [0.15, 0.2) is 104 Å². The van der Waals surface area contributed by atoms with E-state index < -0.39 is 11.9 Å². The highest BCUT2D eigenvalue weighted by Gasteiger charge is 2.17. The maximum Gasteiger partial charge on any atom is 0.335 e. The molecule has 0 aliphatic carbocycles. The molecule has 4 rings (SSSR count). The van der Waals surface area contributed by atoms with Crippen molar-refractivity contribution in [2.75, 3.05) is 4.90 Å². The molecule has 0 amide bonds. The molecule has 0 saturated heterocycles. The summed E-state index contributed by atoms with van der Waals surface area (Å²) >= 11 is 0. The first-order valence-corrected chi connectivity index (χ1v) is 13.5. The van der Waals surface area contributed by atoms with Gasteiger partial charge in [-0.25, -0.2) is 9.59 Å². The van der Waals surface area contributed by atoms with Crippen LogP contribution < -0.4 is 14.4 Å². The van der Waals surface area contributed by atoms with Crippen LogP contribution in [0.1, 0.15) is 46.2 Å². The van der Waals surface area contributed by atoms with Gasteiger partial charge in [0.1, 0.15) is 11.5 Å². The van der Waals surface area contributed by atoms with Crippen LogP contribution in [0.4, 0.5) is 17.1 Å². The number of ether oxygens (including phenoxy) is 2. The molecule has 5 heteroatoms. The van der Waals surface area contributed by atoms with Crippen molar-refractivity contribution in [1.29, 1.82) is 0 Å². The van der Waals surface area contributed by atoms with Gasteiger partial charge in [0.2, 0.25) is 0 Å². The molecule has 1 unspecified atom stereocenters. The molecular formula is C36H35NO4. The van der Waals surface area contributed by atoms with Crippen molar-refractivity contribution in [1.82, 2.24) is 0 Å². The Bertz CT molecular complexity index is 1530. The maximum absolute atomic E-state index is 11.9. The summed E-state index contributed by atoms with van der Waals surface area (Å²) < 4.78 is 10.7. The van der Waals surface area contributed by atoms with E-state index in [4.69, 9.17) is 9.47 Å². The van der Waals surface area contributed by atoms with E-state index in [0.29, 0.717) is 0 Å². The molecule has 1 atom stereocenters. The number of hydrogen-bond donors (Lipinski definition) is 0. The van der Waals surface area contributed by atoms with Gasteiger partial charge in [-0.1, -0.05) is 44.3 Å². The van der Waals surface area contributed by atoms with E-state index in [0.717, 1.165) is 40.3 Å². The predicted molar refractivity (Wildman–Crippen MR) is 166 cm³/mol. The van der Waals surface area contributed by atoms with E-state index in [-0.39, 0.29) is 17.4 Å². The summed E-state index contributed by atoms with van der Waals surface area (Å²) in [5, 5.41) is 0. The van der Waals surface area contributed by atoms with Gasteiger partial charge in [0, 0.05) is 41.2 Å². The molecule has 0 aliphatic heterocycles. The van der Waals surface area contributed by atoms with Crippen LogP contribution in [0.2, 0.25) is 0 Å². The molecule has 5 nitrogen and oxygen atoms in total. The first-order valence-electron chi connectivity index (χ1n) is 13.5. The van der Waals surface area contributed by atoms with Gasteiger partial charge in [-0.3, -0.25) is 0 Å². The topological polar surface area (TPSA) is 55.8 Å². The minimum Gasteiger partial charge on any atom is -0.423 e. The van der Waals surface area contributed by atoms with Crippen LogP contribution in [-0.4, -0.2) is 11.9 Å². The van der Waals surface area contributed by atoms with Crippen molar-refractivity contribution in [3.8, 4) is 11.5 Å². The molecule has 0 saturated carbocycles.